The Hall–Kier alpha value is -2.42. The molecule has 142 valence electrons. The lowest BCUT2D eigenvalue weighted by Crippen LogP contribution is -2.44. The number of aromatic nitrogens is 2. The van der Waals surface area contributed by atoms with Crippen LogP contribution in [0.4, 0.5) is 0 Å². The monoisotopic (exact) mass is 363 g/mol. The lowest BCUT2D eigenvalue weighted by molar-refractivity contribution is -0.138. The van der Waals surface area contributed by atoms with Gasteiger partial charge in [0.05, 0.1) is 13.0 Å². The highest BCUT2D eigenvalue weighted by molar-refractivity contribution is 5.89. The molecule has 3 heterocycles. The molecule has 26 heavy (non-hydrogen) atoms. The molecular formula is C17H25N5O4. The summed E-state index contributed by atoms with van der Waals surface area (Å²) < 4.78 is 4.76. The van der Waals surface area contributed by atoms with Crippen molar-refractivity contribution in [3.63, 3.8) is 0 Å². The summed E-state index contributed by atoms with van der Waals surface area (Å²) in [5.74, 6) is -0.862. The predicted octanol–water partition coefficient (Wildman–Crippen LogP) is -0.333. The topological polar surface area (TPSA) is 122 Å². The summed E-state index contributed by atoms with van der Waals surface area (Å²) in [6.45, 7) is 3.24. The second kappa shape index (κ2) is 7.45. The van der Waals surface area contributed by atoms with E-state index in [4.69, 9.17) is 10.5 Å². The average molecular weight is 363 g/mol. The van der Waals surface area contributed by atoms with Crippen LogP contribution < -0.4 is 5.73 Å². The number of likely N-dealkylation sites (tertiary alicyclic amines) is 1. The number of ether oxygens (including phenoxy) is 1. The molecule has 2 aliphatic rings. The van der Waals surface area contributed by atoms with Crippen molar-refractivity contribution in [2.45, 2.75) is 38.8 Å². The van der Waals surface area contributed by atoms with Gasteiger partial charge in [0.2, 0.25) is 11.8 Å². The molecular weight excluding hydrogens is 338 g/mol. The number of carbonyl (C=O) groups excluding carboxylic acids is 3. The molecule has 3 rings (SSSR count). The molecule has 0 aromatic carbocycles. The van der Waals surface area contributed by atoms with Crippen LogP contribution in [0.5, 0.6) is 0 Å². The van der Waals surface area contributed by atoms with Crippen molar-refractivity contribution >= 4 is 17.8 Å². The molecule has 3 N–H and O–H groups in total. The number of aromatic amines is 1. The van der Waals surface area contributed by atoms with Crippen molar-refractivity contribution < 1.29 is 19.1 Å². The zero-order chi connectivity index (χ0) is 18.8. The summed E-state index contributed by atoms with van der Waals surface area (Å²) in [6, 6.07) is -0.107. The van der Waals surface area contributed by atoms with E-state index in [1.54, 1.807) is 9.80 Å². The number of H-pyrrole nitrogens is 1. The van der Waals surface area contributed by atoms with Gasteiger partial charge in [-0.05, 0) is 12.8 Å². The quantitative estimate of drug-likeness (QED) is 0.694. The van der Waals surface area contributed by atoms with Crippen molar-refractivity contribution in [2.75, 3.05) is 26.7 Å². The third-order valence-electron chi connectivity index (χ3n) is 5.20. The fourth-order valence-electron chi connectivity index (χ4n) is 3.69. The molecule has 0 radical (unpaired) electrons. The SMILES string of the molecule is COC(=O)c1n[nH]c2c1CN(C(=O)[C@@H]1CC[C@H](N)CN(C(C)=O)C1)CC2. The van der Waals surface area contributed by atoms with Crippen molar-refractivity contribution in [1.29, 1.82) is 0 Å². The molecule has 2 amide bonds. The van der Waals surface area contributed by atoms with Gasteiger partial charge >= 0.3 is 5.97 Å². The Labute approximate surface area is 151 Å². The maximum Gasteiger partial charge on any atom is 0.358 e. The maximum absolute atomic E-state index is 13.1. The van der Waals surface area contributed by atoms with Gasteiger partial charge in [-0.1, -0.05) is 0 Å². The molecule has 9 heteroatoms. The molecule has 2 aliphatic heterocycles. The third-order valence-corrected chi connectivity index (χ3v) is 5.20. The number of nitrogens with zero attached hydrogens (tertiary/aromatic N) is 3. The lowest BCUT2D eigenvalue weighted by atomic mass is 9.98. The first-order chi connectivity index (χ1) is 12.4. The number of rotatable bonds is 2. The van der Waals surface area contributed by atoms with Gasteiger partial charge in [0.25, 0.3) is 0 Å². The summed E-state index contributed by atoms with van der Waals surface area (Å²) in [7, 11) is 1.31. The lowest BCUT2D eigenvalue weighted by Gasteiger charge is -2.31. The Morgan fingerprint density at radius 3 is 2.69 bits per heavy atom. The Kier molecular flexibility index (Phi) is 5.26. The van der Waals surface area contributed by atoms with E-state index in [9.17, 15) is 14.4 Å². The van der Waals surface area contributed by atoms with Crippen LogP contribution in [-0.2, 0) is 27.3 Å². The fourth-order valence-corrected chi connectivity index (χ4v) is 3.69. The molecule has 1 fully saturated rings. The number of nitrogens with two attached hydrogens (primary N) is 1. The van der Waals surface area contributed by atoms with Crippen molar-refractivity contribution in [2.24, 2.45) is 11.7 Å². The minimum atomic E-state index is -0.514. The summed E-state index contributed by atoms with van der Waals surface area (Å²) in [5.41, 5.74) is 7.85. The van der Waals surface area contributed by atoms with Gasteiger partial charge in [-0.2, -0.15) is 5.10 Å². The van der Waals surface area contributed by atoms with E-state index in [0.29, 0.717) is 51.0 Å². The first-order valence-corrected chi connectivity index (χ1v) is 8.85. The van der Waals surface area contributed by atoms with E-state index >= 15 is 0 Å². The molecule has 0 unspecified atom stereocenters. The van der Waals surface area contributed by atoms with Crippen LogP contribution in [0.3, 0.4) is 0 Å². The van der Waals surface area contributed by atoms with Crippen LogP contribution in [-0.4, -0.2) is 70.6 Å². The highest BCUT2D eigenvalue weighted by Gasteiger charge is 2.34. The number of methoxy groups -OCH3 is 1. The van der Waals surface area contributed by atoms with Gasteiger partial charge in [0.1, 0.15) is 0 Å². The number of carbonyl (C=O) groups is 3. The number of nitrogens with one attached hydrogen (secondary N) is 1. The largest absolute Gasteiger partial charge is 0.464 e. The molecule has 0 spiro atoms. The number of fused-ring (bicyclic) bond motifs is 1. The molecule has 2 atom stereocenters. The normalized spacial score (nSPS) is 23.2. The second-order valence-corrected chi connectivity index (χ2v) is 6.99. The Morgan fingerprint density at radius 2 is 2.00 bits per heavy atom. The van der Waals surface area contributed by atoms with Crippen molar-refractivity contribution in [3.05, 3.63) is 17.0 Å². The Balaban J connectivity index is 1.75. The van der Waals surface area contributed by atoms with E-state index in [2.05, 4.69) is 10.2 Å². The van der Waals surface area contributed by atoms with Crippen LogP contribution in [0.1, 0.15) is 41.5 Å². The highest BCUT2D eigenvalue weighted by Crippen LogP contribution is 2.25. The van der Waals surface area contributed by atoms with E-state index in [1.165, 1.54) is 14.0 Å². The fraction of sp³-hybridized carbons (Fsp3) is 0.647. The number of hydrogen-bond donors (Lipinski definition) is 2. The van der Waals surface area contributed by atoms with Crippen LogP contribution >= 0.6 is 0 Å². The zero-order valence-electron chi connectivity index (χ0n) is 15.2. The summed E-state index contributed by atoms with van der Waals surface area (Å²) in [4.78, 5) is 40.1. The number of amides is 2. The molecule has 0 bridgehead atoms. The molecule has 0 aliphatic carbocycles. The van der Waals surface area contributed by atoms with Crippen LogP contribution in [0.25, 0.3) is 0 Å². The van der Waals surface area contributed by atoms with Crippen LogP contribution in [0.15, 0.2) is 0 Å². The first-order valence-electron chi connectivity index (χ1n) is 8.85. The maximum atomic E-state index is 13.1. The van der Waals surface area contributed by atoms with Gasteiger partial charge in [0.15, 0.2) is 5.69 Å². The highest BCUT2D eigenvalue weighted by atomic mass is 16.5. The summed E-state index contributed by atoms with van der Waals surface area (Å²) in [5, 5.41) is 6.89. The van der Waals surface area contributed by atoms with E-state index < -0.39 is 5.97 Å². The van der Waals surface area contributed by atoms with Crippen LogP contribution in [0.2, 0.25) is 0 Å². The van der Waals surface area contributed by atoms with Gasteiger partial charge in [-0.25, -0.2) is 4.79 Å². The molecule has 0 saturated carbocycles. The van der Waals surface area contributed by atoms with E-state index in [1.807, 2.05) is 0 Å². The predicted molar refractivity (Wildman–Crippen MR) is 92.0 cm³/mol. The standard InChI is InChI=1S/C17H25N5O4/c1-10(23)22-7-11(3-4-12(18)8-22)16(24)21-6-5-14-13(9-21)15(20-19-14)17(25)26-2/h11-12H,3-9,18H2,1-2H3,(H,19,20)/t11-,12+/m1/s1. The molecule has 9 nitrogen and oxygen atoms in total. The minimum Gasteiger partial charge on any atom is -0.464 e. The second-order valence-electron chi connectivity index (χ2n) is 6.99. The minimum absolute atomic E-state index is 0.00647. The van der Waals surface area contributed by atoms with Crippen molar-refractivity contribution in [1.82, 2.24) is 20.0 Å². The van der Waals surface area contributed by atoms with Gasteiger partial charge in [-0.15, -0.1) is 0 Å². The van der Waals surface area contributed by atoms with Gasteiger partial charge in [-0.3, -0.25) is 14.7 Å². The van der Waals surface area contributed by atoms with Crippen LogP contribution in [0, 0.1) is 5.92 Å². The average Bonchev–Trinajstić information content (AvgIpc) is 2.95. The molecule has 1 saturated heterocycles. The number of esters is 1. The summed E-state index contributed by atoms with van der Waals surface area (Å²) in [6.07, 6.45) is 1.97. The van der Waals surface area contributed by atoms with E-state index in [0.717, 1.165) is 5.69 Å². The van der Waals surface area contributed by atoms with Gasteiger partial charge in [0, 0.05) is 56.8 Å². The Bertz CT molecular complexity index is 716. The number of hydrogen-bond acceptors (Lipinski definition) is 6. The summed E-state index contributed by atoms with van der Waals surface area (Å²) >= 11 is 0. The Morgan fingerprint density at radius 1 is 1.23 bits per heavy atom. The van der Waals surface area contributed by atoms with Gasteiger partial charge < -0.3 is 20.3 Å². The smallest absolute Gasteiger partial charge is 0.358 e. The molecule has 1 aromatic heterocycles. The third kappa shape index (κ3) is 3.57. The zero-order valence-corrected chi connectivity index (χ0v) is 15.2. The van der Waals surface area contributed by atoms with Crippen molar-refractivity contribution in [3.8, 4) is 0 Å². The first kappa shape index (κ1) is 18.4. The molecule has 1 aromatic rings. The van der Waals surface area contributed by atoms with E-state index in [-0.39, 0.29) is 29.5 Å².